The number of imide groups is 1. The van der Waals surface area contributed by atoms with Gasteiger partial charge in [0.25, 0.3) is 11.8 Å². The SMILES string of the molecule is CC(=O)N[C@@H]1[C@@H](O)[C@@H](O)[C@@H](CO)O[C@@H]1CCCCCOCCOCCNC(=O)NCCOCCOCCOCCOCCOCCNS(=O)(=O)c1ccc(N2C(=O)C=CC2=O)cc1. The highest BCUT2D eigenvalue weighted by Crippen LogP contribution is 2.25. The molecule has 0 aliphatic carbocycles. The number of rotatable bonds is 35. The van der Waals surface area contributed by atoms with Gasteiger partial charge in [0.1, 0.15) is 18.3 Å². The Kier molecular flexibility index (Phi) is 26.6. The van der Waals surface area contributed by atoms with Gasteiger partial charge in [0, 0.05) is 45.3 Å². The van der Waals surface area contributed by atoms with E-state index in [4.69, 9.17) is 37.9 Å². The molecule has 23 heteroatoms. The van der Waals surface area contributed by atoms with Crippen LogP contribution < -0.4 is 25.6 Å². The molecule has 0 saturated carbocycles. The average Bonchev–Trinajstić information content (AvgIpc) is 3.60. The third kappa shape index (κ3) is 21.2. The van der Waals surface area contributed by atoms with Crippen LogP contribution in [-0.2, 0) is 62.3 Å². The van der Waals surface area contributed by atoms with Gasteiger partial charge in [-0.15, -0.1) is 0 Å². The summed E-state index contributed by atoms with van der Waals surface area (Å²) in [5.41, 5.74) is 0.281. The van der Waals surface area contributed by atoms with Crippen molar-refractivity contribution >= 4 is 39.5 Å². The Bertz CT molecular complexity index is 1610. The molecule has 0 radical (unpaired) electrons. The maximum atomic E-state index is 12.5. The van der Waals surface area contributed by atoms with Gasteiger partial charge in [0.2, 0.25) is 15.9 Å². The minimum absolute atomic E-state index is 0.00871. The van der Waals surface area contributed by atoms with Crippen molar-refractivity contribution in [2.75, 3.05) is 124 Å². The molecule has 1 aromatic carbocycles. The molecule has 0 spiro atoms. The first-order valence-electron chi connectivity index (χ1n) is 21.1. The van der Waals surface area contributed by atoms with E-state index in [-0.39, 0.29) is 42.3 Å². The first-order chi connectivity index (χ1) is 30.4. The number of unbranched alkanes of at least 4 members (excludes halogenated alkanes) is 2. The van der Waals surface area contributed by atoms with Crippen molar-refractivity contribution in [1.82, 2.24) is 20.7 Å². The molecule has 2 aliphatic heterocycles. The van der Waals surface area contributed by atoms with E-state index in [0.717, 1.165) is 36.3 Å². The van der Waals surface area contributed by atoms with Crippen LogP contribution in [0.1, 0.15) is 32.6 Å². The van der Waals surface area contributed by atoms with Crippen LogP contribution in [-0.4, -0.2) is 197 Å². The number of sulfonamides is 1. The zero-order valence-corrected chi connectivity index (χ0v) is 36.6. The summed E-state index contributed by atoms with van der Waals surface area (Å²) in [5.74, 6) is -1.32. The quantitative estimate of drug-likeness (QED) is 0.0297. The first-order valence-corrected chi connectivity index (χ1v) is 22.5. The molecule has 2 heterocycles. The Labute approximate surface area is 368 Å². The number of carbonyl (C=O) groups is 4. The molecule has 7 N–H and O–H groups in total. The Morgan fingerprint density at radius 1 is 0.651 bits per heavy atom. The van der Waals surface area contributed by atoms with Crippen molar-refractivity contribution in [3.63, 3.8) is 0 Å². The third-order valence-electron chi connectivity index (χ3n) is 9.35. The Morgan fingerprint density at radius 3 is 1.62 bits per heavy atom. The van der Waals surface area contributed by atoms with Gasteiger partial charge in [-0.1, -0.05) is 12.8 Å². The van der Waals surface area contributed by atoms with Gasteiger partial charge in [0.05, 0.1) is 115 Å². The molecule has 5 atom stereocenters. The first kappa shape index (κ1) is 53.6. The number of hydrogen-bond donors (Lipinski definition) is 7. The van der Waals surface area contributed by atoms with E-state index in [2.05, 4.69) is 20.7 Å². The van der Waals surface area contributed by atoms with E-state index in [0.29, 0.717) is 98.8 Å². The fourth-order valence-electron chi connectivity index (χ4n) is 6.18. The van der Waals surface area contributed by atoms with Crippen molar-refractivity contribution in [3.05, 3.63) is 36.4 Å². The maximum Gasteiger partial charge on any atom is 0.314 e. The molecular weight excluding hydrogens is 855 g/mol. The molecule has 0 bridgehead atoms. The second kappa shape index (κ2) is 31.2. The molecule has 63 heavy (non-hydrogen) atoms. The lowest BCUT2D eigenvalue weighted by molar-refractivity contribution is -0.196. The van der Waals surface area contributed by atoms with Crippen LogP contribution >= 0.6 is 0 Å². The number of aliphatic hydroxyl groups excluding tert-OH is 3. The predicted molar refractivity (Wildman–Crippen MR) is 224 cm³/mol. The monoisotopic (exact) mass is 919 g/mol. The number of benzene rings is 1. The second-order valence-electron chi connectivity index (χ2n) is 14.2. The van der Waals surface area contributed by atoms with Gasteiger partial charge < -0.3 is 69.2 Å². The summed E-state index contributed by atoms with van der Waals surface area (Å²) in [6, 6.07) is 4.33. The number of carbonyl (C=O) groups excluding carboxylic acids is 4. The lowest BCUT2D eigenvalue weighted by Gasteiger charge is -2.42. The number of anilines is 1. The van der Waals surface area contributed by atoms with Crippen LogP contribution in [0.25, 0.3) is 0 Å². The fourth-order valence-corrected chi connectivity index (χ4v) is 7.19. The van der Waals surface area contributed by atoms with Gasteiger partial charge in [0.15, 0.2) is 0 Å². The van der Waals surface area contributed by atoms with Crippen molar-refractivity contribution < 1.29 is 80.8 Å². The minimum atomic E-state index is -3.80. The molecule has 0 unspecified atom stereocenters. The molecule has 22 nitrogen and oxygen atoms in total. The summed E-state index contributed by atoms with van der Waals surface area (Å²) >= 11 is 0. The predicted octanol–water partition coefficient (Wildman–Crippen LogP) is -1.64. The number of urea groups is 1. The summed E-state index contributed by atoms with van der Waals surface area (Å²) in [5, 5.41) is 38.0. The van der Waals surface area contributed by atoms with Crippen molar-refractivity contribution in [1.29, 1.82) is 0 Å². The number of nitrogens with one attached hydrogen (secondary N) is 4. The smallest absolute Gasteiger partial charge is 0.314 e. The third-order valence-corrected chi connectivity index (χ3v) is 10.8. The van der Waals surface area contributed by atoms with Gasteiger partial charge in [-0.05, 0) is 37.1 Å². The summed E-state index contributed by atoms with van der Waals surface area (Å²) in [7, 11) is -3.80. The highest BCUT2D eigenvalue weighted by Gasteiger charge is 2.44. The van der Waals surface area contributed by atoms with Crippen molar-refractivity contribution in [3.8, 4) is 0 Å². The summed E-state index contributed by atoms with van der Waals surface area (Å²) < 4.78 is 71.4. The van der Waals surface area contributed by atoms with Crippen LogP contribution in [0.2, 0.25) is 0 Å². The maximum absolute atomic E-state index is 12.5. The Balaban J connectivity index is 1.00. The number of amides is 5. The molecule has 1 aromatic rings. The lowest BCUT2D eigenvalue weighted by Crippen LogP contribution is -2.63. The number of ether oxygens (including phenoxy) is 8. The zero-order valence-electron chi connectivity index (χ0n) is 35.8. The number of aliphatic hydroxyl groups is 3. The summed E-state index contributed by atoms with van der Waals surface area (Å²) in [4.78, 5) is 48.0. The highest BCUT2D eigenvalue weighted by atomic mass is 32.2. The number of nitrogens with zero attached hydrogens (tertiary/aromatic N) is 1. The van der Waals surface area contributed by atoms with E-state index >= 15 is 0 Å². The molecule has 5 amide bonds. The molecule has 1 saturated heterocycles. The average molecular weight is 920 g/mol. The van der Waals surface area contributed by atoms with Crippen molar-refractivity contribution in [2.45, 2.75) is 68.0 Å². The van der Waals surface area contributed by atoms with Crippen LogP contribution in [0, 0.1) is 0 Å². The standard InChI is InChI=1S/C40H65N5O17S/c1-30(47)44-37-33(62-34(29-46)38(50)39(37)51)5-3-2-4-15-55-19-20-56-16-12-41-40(52)42-13-17-57-21-23-59-25-27-61-28-26-60-24-22-58-18-14-43-63(53,54)32-8-6-31(7-9-32)45-35(48)10-11-36(45)49/h6-11,33-34,37-39,43,46,50-51H,2-5,12-29H2,1H3,(H,44,47)(H2,41,42,52)/t33-,34-,37+,38+,39-/m1/s1. The molecule has 2 aliphatic rings. The molecule has 1 fully saturated rings. The fraction of sp³-hybridized carbons (Fsp3) is 0.700. The zero-order chi connectivity index (χ0) is 45.7. The van der Waals surface area contributed by atoms with E-state index in [1.807, 2.05) is 0 Å². The van der Waals surface area contributed by atoms with Crippen molar-refractivity contribution in [2.24, 2.45) is 0 Å². The van der Waals surface area contributed by atoms with Crippen LogP contribution in [0.5, 0.6) is 0 Å². The Morgan fingerprint density at radius 2 is 1.13 bits per heavy atom. The van der Waals surface area contributed by atoms with Crippen LogP contribution in [0.3, 0.4) is 0 Å². The van der Waals surface area contributed by atoms with E-state index in [1.54, 1.807) is 0 Å². The topological polar surface area (TPSA) is 288 Å². The molecule has 3 rings (SSSR count). The summed E-state index contributed by atoms with van der Waals surface area (Å²) in [6.07, 6.45) is 1.24. The van der Waals surface area contributed by atoms with Gasteiger partial charge >= 0.3 is 6.03 Å². The highest BCUT2D eigenvalue weighted by molar-refractivity contribution is 7.89. The van der Waals surface area contributed by atoms with E-state index < -0.39 is 58.9 Å². The normalized spacial score (nSPS) is 20.1. The molecule has 358 valence electrons. The largest absolute Gasteiger partial charge is 0.394 e. The molecule has 0 aromatic heterocycles. The minimum Gasteiger partial charge on any atom is -0.394 e. The summed E-state index contributed by atoms with van der Waals surface area (Å²) in [6.45, 7) is 6.48. The lowest BCUT2D eigenvalue weighted by atomic mass is 9.90. The van der Waals surface area contributed by atoms with Crippen LogP contribution in [0.4, 0.5) is 10.5 Å². The van der Waals surface area contributed by atoms with E-state index in [1.165, 1.54) is 31.2 Å². The Hall–Kier alpha value is -3.69. The van der Waals surface area contributed by atoms with Gasteiger partial charge in [-0.25, -0.2) is 22.8 Å². The van der Waals surface area contributed by atoms with E-state index in [9.17, 15) is 42.9 Å². The second-order valence-corrected chi connectivity index (χ2v) is 15.9. The van der Waals surface area contributed by atoms with Gasteiger partial charge in [-0.2, -0.15) is 0 Å². The molecular formula is C40H65N5O17S. The van der Waals surface area contributed by atoms with Gasteiger partial charge in [-0.3, -0.25) is 14.4 Å². The number of hydrogen-bond acceptors (Lipinski definition) is 17. The van der Waals surface area contributed by atoms with Crippen LogP contribution in [0.15, 0.2) is 41.3 Å².